The van der Waals surface area contributed by atoms with Crippen molar-refractivity contribution in [3.8, 4) is 11.3 Å². The van der Waals surface area contributed by atoms with Gasteiger partial charge in [0, 0.05) is 35.5 Å². The number of hydrogen-bond acceptors (Lipinski definition) is 3. The lowest BCUT2D eigenvalue weighted by molar-refractivity contribution is 0.0697. The van der Waals surface area contributed by atoms with Gasteiger partial charge in [-0.3, -0.25) is 0 Å². The van der Waals surface area contributed by atoms with Crippen molar-refractivity contribution in [3.63, 3.8) is 0 Å². The second-order valence-electron chi connectivity index (χ2n) is 7.60. The zero-order chi connectivity index (χ0) is 20.0. The summed E-state index contributed by atoms with van der Waals surface area (Å²) < 4.78 is 2.17. The van der Waals surface area contributed by atoms with Crippen LogP contribution in [0, 0.1) is 0 Å². The fourth-order valence-electron chi connectivity index (χ4n) is 3.83. The maximum Gasteiger partial charge on any atom is 0.339 e. The highest BCUT2D eigenvalue weighted by Crippen LogP contribution is 2.40. The highest BCUT2D eigenvalue weighted by molar-refractivity contribution is 5.95. The van der Waals surface area contributed by atoms with Crippen molar-refractivity contribution in [2.24, 2.45) is 7.05 Å². The van der Waals surface area contributed by atoms with Gasteiger partial charge in [-0.1, -0.05) is 30.3 Å². The van der Waals surface area contributed by atoms with Gasteiger partial charge < -0.3 is 15.0 Å². The van der Waals surface area contributed by atoms with E-state index in [4.69, 9.17) is 0 Å². The van der Waals surface area contributed by atoms with E-state index < -0.39 is 5.97 Å². The van der Waals surface area contributed by atoms with Gasteiger partial charge in [0.15, 0.2) is 0 Å². The van der Waals surface area contributed by atoms with Gasteiger partial charge >= 0.3 is 5.97 Å². The molecule has 29 heavy (non-hydrogen) atoms. The number of aromatic nitrogens is 2. The molecule has 1 aliphatic rings. The molecule has 0 aliphatic heterocycles. The van der Waals surface area contributed by atoms with E-state index in [9.17, 15) is 9.90 Å². The number of carboxylic acids is 1. The average Bonchev–Trinajstić information content (AvgIpc) is 3.53. The molecule has 0 saturated heterocycles. The molecule has 1 fully saturated rings. The number of aryl methyl sites for hydroxylation is 1. The Morgan fingerprint density at radius 1 is 1.10 bits per heavy atom. The van der Waals surface area contributed by atoms with Gasteiger partial charge in [0.05, 0.1) is 0 Å². The third-order valence-corrected chi connectivity index (χ3v) is 5.56. The maximum atomic E-state index is 11.7. The number of carboxylic acid groups (broad SMARTS) is 1. The molecule has 5 nitrogen and oxygen atoms in total. The Labute approximate surface area is 168 Å². The fourth-order valence-corrected chi connectivity index (χ4v) is 3.83. The summed E-state index contributed by atoms with van der Waals surface area (Å²) in [4.78, 5) is 16.2. The number of hydrogen-bond donors (Lipinski definition) is 2. The number of nitrogens with zero attached hydrogens (tertiary/aromatic N) is 2. The lowest BCUT2D eigenvalue weighted by Crippen LogP contribution is -2.06. The van der Waals surface area contributed by atoms with Crippen LogP contribution in [0.2, 0.25) is 0 Å². The molecular formula is C24H21N3O2. The molecule has 144 valence electrons. The Kier molecular flexibility index (Phi) is 4.09. The summed E-state index contributed by atoms with van der Waals surface area (Å²) in [5, 5.41) is 13.9. The van der Waals surface area contributed by atoms with E-state index in [2.05, 4.69) is 40.1 Å². The van der Waals surface area contributed by atoms with Crippen LogP contribution in [0.1, 0.15) is 34.7 Å². The Balaban J connectivity index is 1.51. The first-order valence-electron chi connectivity index (χ1n) is 9.75. The quantitative estimate of drug-likeness (QED) is 0.473. The van der Waals surface area contributed by atoms with Crippen LogP contribution in [0.5, 0.6) is 0 Å². The molecule has 2 heterocycles. The molecule has 0 atom stereocenters. The molecule has 5 rings (SSSR count). The summed E-state index contributed by atoms with van der Waals surface area (Å²) >= 11 is 0. The highest BCUT2D eigenvalue weighted by Gasteiger charge is 2.26. The minimum Gasteiger partial charge on any atom is -0.478 e. The number of carbonyl (C=O) groups is 1. The van der Waals surface area contributed by atoms with E-state index in [-0.39, 0.29) is 5.56 Å². The van der Waals surface area contributed by atoms with Crippen molar-refractivity contribution in [2.75, 3.05) is 5.32 Å². The van der Waals surface area contributed by atoms with E-state index in [0.717, 1.165) is 46.3 Å². The van der Waals surface area contributed by atoms with Crippen LogP contribution >= 0.6 is 0 Å². The topological polar surface area (TPSA) is 67.2 Å². The molecule has 1 saturated carbocycles. The van der Waals surface area contributed by atoms with E-state index in [0.29, 0.717) is 11.7 Å². The van der Waals surface area contributed by atoms with E-state index in [1.54, 1.807) is 12.3 Å². The summed E-state index contributed by atoms with van der Waals surface area (Å²) in [6, 6.07) is 20.2. The minimum absolute atomic E-state index is 0.215. The lowest BCUT2D eigenvalue weighted by Gasteiger charge is -2.10. The second kappa shape index (κ2) is 6.78. The number of nitrogens with one attached hydrogen (secondary N) is 1. The first-order chi connectivity index (χ1) is 14.1. The molecule has 4 aromatic rings. The Morgan fingerprint density at radius 3 is 2.62 bits per heavy atom. The molecule has 0 bridgehead atoms. The van der Waals surface area contributed by atoms with Gasteiger partial charge in [0.25, 0.3) is 0 Å². The SMILES string of the molecule is Cn1c(-c2ccccc2)cc2cc(Nc3ncc(C4CC4)cc3C(=O)O)ccc21. The Hall–Kier alpha value is -3.60. The normalized spacial score (nSPS) is 13.6. The zero-order valence-corrected chi connectivity index (χ0v) is 16.1. The van der Waals surface area contributed by atoms with Crippen molar-refractivity contribution in [1.82, 2.24) is 9.55 Å². The third kappa shape index (κ3) is 3.25. The summed E-state index contributed by atoms with van der Waals surface area (Å²) in [5.41, 5.74) is 5.45. The molecule has 0 spiro atoms. The fraction of sp³-hybridized carbons (Fsp3) is 0.167. The molecule has 5 heteroatoms. The maximum absolute atomic E-state index is 11.7. The van der Waals surface area contributed by atoms with E-state index in [1.807, 2.05) is 36.4 Å². The van der Waals surface area contributed by atoms with Gasteiger partial charge in [-0.25, -0.2) is 9.78 Å². The predicted molar refractivity (Wildman–Crippen MR) is 115 cm³/mol. The summed E-state index contributed by atoms with van der Waals surface area (Å²) in [6.07, 6.45) is 4.02. The number of pyridine rings is 1. The molecule has 0 amide bonds. The van der Waals surface area contributed by atoms with Crippen LogP contribution in [0.15, 0.2) is 66.9 Å². The predicted octanol–water partition coefficient (Wildman–Crippen LogP) is 5.56. The highest BCUT2D eigenvalue weighted by atomic mass is 16.4. The van der Waals surface area contributed by atoms with Gasteiger partial charge in [0.1, 0.15) is 11.4 Å². The number of aromatic carboxylic acids is 1. The van der Waals surface area contributed by atoms with Crippen LogP contribution in [0.3, 0.4) is 0 Å². The first-order valence-corrected chi connectivity index (χ1v) is 9.75. The van der Waals surface area contributed by atoms with Crippen molar-refractivity contribution >= 4 is 28.4 Å². The van der Waals surface area contributed by atoms with Crippen LogP contribution in [0.4, 0.5) is 11.5 Å². The van der Waals surface area contributed by atoms with Crippen LogP contribution in [0.25, 0.3) is 22.2 Å². The first kappa shape index (κ1) is 17.5. The number of benzene rings is 2. The lowest BCUT2D eigenvalue weighted by atomic mass is 10.1. The van der Waals surface area contributed by atoms with Gasteiger partial charge in [-0.15, -0.1) is 0 Å². The summed E-state index contributed by atoms with van der Waals surface area (Å²) in [5.74, 6) is -0.123. The van der Waals surface area contributed by atoms with E-state index >= 15 is 0 Å². The molecule has 2 aromatic carbocycles. The minimum atomic E-state index is -0.963. The number of anilines is 2. The van der Waals surface area contributed by atoms with Crippen molar-refractivity contribution < 1.29 is 9.90 Å². The molecule has 0 radical (unpaired) electrons. The molecule has 2 aromatic heterocycles. The second-order valence-corrected chi connectivity index (χ2v) is 7.60. The van der Waals surface area contributed by atoms with Gasteiger partial charge in [-0.2, -0.15) is 0 Å². The van der Waals surface area contributed by atoms with Crippen molar-refractivity contribution in [3.05, 3.63) is 78.0 Å². The molecule has 1 aliphatic carbocycles. The van der Waals surface area contributed by atoms with Gasteiger partial charge in [-0.05, 0) is 60.2 Å². The van der Waals surface area contributed by atoms with E-state index in [1.165, 1.54) is 0 Å². The smallest absolute Gasteiger partial charge is 0.339 e. The Morgan fingerprint density at radius 2 is 1.90 bits per heavy atom. The van der Waals surface area contributed by atoms with Crippen molar-refractivity contribution in [2.45, 2.75) is 18.8 Å². The largest absolute Gasteiger partial charge is 0.478 e. The zero-order valence-electron chi connectivity index (χ0n) is 16.1. The van der Waals surface area contributed by atoms with Crippen LogP contribution < -0.4 is 5.32 Å². The Bertz CT molecular complexity index is 1220. The molecule has 2 N–H and O–H groups in total. The van der Waals surface area contributed by atoms with Gasteiger partial charge in [0.2, 0.25) is 0 Å². The molecule has 0 unspecified atom stereocenters. The van der Waals surface area contributed by atoms with Crippen LogP contribution in [-0.2, 0) is 7.05 Å². The standard InChI is InChI=1S/C24H21N3O2/c1-27-21-10-9-19(11-17(21)13-22(27)16-5-3-2-4-6-16)26-23-20(24(28)29)12-18(14-25-23)15-7-8-15/h2-6,9-15H,7-8H2,1H3,(H,25,26)(H,28,29). The third-order valence-electron chi connectivity index (χ3n) is 5.56. The van der Waals surface area contributed by atoms with Crippen molar-refractivity contribution in [1.29, 1.82) is 0 Å². The summed E-state index contributed by atoms with van der Waals surface area (Å²) in [6.45, 7) is 0. The van der Waals surface area contributed by atoms with Crippen LogP contribution in [-0.4, -0.2) is 20.6 Å². The molecular weight excluding hydrogens is 362 g/mol. The summed E-state index contributed by atoms with van der Waals surface area (Å²) in [7, 11) is 2.05. The average molecular weight is 383 g/mol. The monoisotopic (exact) mass is 383 g/mol. The number of rotatable bonds is 5. The number of fused-ring (bicyclic) bond motifs is 1.